The molecule has 3 N–H and O–H groups in total. The number of rotatable bonds is 1. The summed E-state index contributed by atoms with van der Waals surface area (Å²) in [4.78, 5) is 24.1. The van der Waals surface area contributed by atoms with Gasteiger partial charge in [0.15, 0.2) is 0 Å². The lowest BCUT2D eigenvalue weighted by Gasteiger charge is -2.36. The van der Waals surface area contributed by atoms with Crippen molar-refractivity contribution in [2.45, 2.75) is 45.4 Å². The molecule has 0 aromatic rings. The molecule has 1 unspecified atom stereocenters. The van der Waals surface area contributed by atoms with E-state index in [0.717, 1.165) is 0 Å². The van der Waals surface area contributed by atoms with Crippen LogP contribution in [0, 0.1) is 0 Å². The summed E-state index contributed by atoms with van der Waals surface area (Å²) in [6.45, 7) is 5.87. The molecule has 6 nitrogen and oxygen atoms in total. The standard InChI is InChI=1S/C11H19N3O3/c1-11(2,3)17-10(16)14-6-4-5-8(7-15)9(14)13-12/h9,13H,4-6,12H2,1-3H3. The number of nitrogens with one attached hydrogen (secondary N) is 1. The minimum atomic E-state index is -0.615. The van der Waals surface area contributed by atoms with Crippen LogP contribution in [-0.2, 0) is 9.53 Å². The highest BCUT2D eigenvalue weighted by Crippen LogP contribution is 2.21. The summed E-state index contributed by atoms with van der Waals surface area (Å²) in [5, 5.41) is 0. The quantitative estimate of drug-likeness (QED) is 0.398. The normalized spacial score (nSPS) is 21.1. The molecule has 0 aromatic heterocycles. The summed E-state index contributed by atoms with van der Waals surface area (Å²) >= 11 is 0. The highest BCUT2D eigenvalue weighted by Gasteiger charge is 2.33. The molecule has 0 bridgehead atoms. The Morgan fingerprint density at radius 1 is 1.59 bits per heavy atom. The van der Waals surface area contributed by atoms with Gasteiger partial charge in [0.25, 0.3) is 0 Å². The minimum Gasteiger partial charge on any atom is -0.444 e. The first-order valence-electron chi connectivity index (χ1n) is 5.58. The zero-order valence-corrected chi connectivity index (χ0v) is 10.4. The lowest BCUT2D eigenvalue weighted by molar-refractivity contribution is 0.0127. The molecule has 1 aliphatic heterocycles. The van der Waals surface area contributed by atoms with E-state index in [9.17, 15) is 9.59 Å². The van der Waals surface area contributed by atoms with E-state index < -0.39 is 17.9 Å². The molecule has 0 radical (unpaired) electrons. The van der Waals surface area contributed by atoms with Crippen LogP contribution in [0.2, 0.25) is 0 Å². The molecule has 1 aliphatic rings. The number of hydrazine groups is 1. The van der Waals surface area contributed by atoms with Gasteiger partial charge in [0.05, 0.1) is 5.57 Å². The summed E-state index contributed by atoms with van der Waals surface area (Å²) in [7, 11) is 0. The van der Waals surface area contributed by atoms with Crippen molar-refractivity contribution in [3.05, 3.63) is 5.57 Å². The maximum atomic E-state index is 11.9. The number of nitrogens with zero attached hydrogens (tertiary/aromatic N) is 1. The summed E-state index contributed by atoms with van der Waals surface area (Å²) in [5.74, 6) is 7.19. The lowest BCUT2D eigenvalue weighted by atomic mass is 10.0. The van der Waals surface area contributed by atoms with Gasteiger partial charge in [0.2, 0.25) is 0 Å². The van der Waals surface area contributed by atoms with Crippen LogP contribution in [0.4, 0.5) is 4.79 Å². The largest absolute Gasteiger partial charge is 0.444 e. The van der Waals surface area contributed by atoms with E-state index in [1.54, 1.807) is 20.8 Å². The second-order valence-corrected chi connectivity index (χ2v) is 4.97. The predicted octanol–water partition coefficient (Wildman–Crippen LogP) is 0.565. The first-order chi connectivity index (χ1) is 7.89. The van der Waals surface area contributed by atoms with Crippen LogP contribution in [0.1, 0.15) is 33.6 Å². The van der Waals surface area contributed by atoms with E-state index in [1.165, 1.54) is 4.90 Å². The van der Waals surface area contributed by atoms with Crippen molar-refractivity contribution in [2.75, 3.05) is 6.54 Å². The van der Waals surface area contributed by atoms with Crippen LogP contribution >= 0.6 is 0 Å². The van der Waals surface area contributed by atoms with Crippen molar-refractivity contribution in [2.24, 2.45) is 5.84 Å². The van der Waals surface area contributed by atoms with Crippen LogP contribution in [0.25, 0.3) is 0 Å². The fourth-order valence-corrected chi connectivity index (χ4v) is 1.71. The predicted molar refractivity (Wildman–Crippen MR) is 62.5 cm³/mol. The Kier molecular flexibility index (Phi) is 4.28. The summed E-state index contributed by atoms with van der Waals surface area (Å²) in [5.41, 5.74) is 2.33. The number of amides is 1. The van der Waals surface area contributed by atoms with Gasteiger partial charge in [-0.2, -0.15) is 0 Å². The molecule has 0 saturated carbocycles. The van der Waals surface area contributed by atoms with Gasteiger partial charge in [-0.15, -0.1) is 0 Å². The number of nitrogens with two attached hydrogens (primary N) is 1. The fraction of sp³-hybridized carbons (Fsp3) is 0.727. The molecule has 1 atom stereocenters. The second kappa shape index (κ2) is 5.31. The first-order valence-corrected chi connectivity index (χ1v) is 5.58. The molecule has 6 heteroatoms. The number of ether oxygens (including phenoxy) is 1. The second-order valence-electron chi connectivity index (χ2n) is 4.97. The SMILES string of the molecule is CC(C)(C)OC(=O)N1CCCC(=C=O)C1NN. The molecule has 1 heterocycles. The van der Waals surface area contributed by atoms with Gasteiger partial charge in [-0.25, -0.2) is 15.0 Å². The third-order valence-corrected chi connectivity index (χ3v) is 2.40. The van der Waals surface area contributed by atoms with Gasteiger partial charge in [0.1, 0.15) is 17.7 Å². The van der Waals surface area contributed by atoms with E-state index in [2.05, 4.69) is 5.43 Å². The Hall–Kier alpha value is -1.36. The van der Waals surface area contributed by atoms with E-state index in [1.807, 2.05) is 5.94 Å². The summed E-state index contributed by atoms with van der Waals surface area (Å²) in [6.07, 6.45) is 0.212. The van der Waals surface area contributed by atoms with Crippen LogP contribution in [0.3, 0.4) is 0 Å². The van der Waals surface area contributed by atoms with Crippen LogP contribution in [0.5, 0.6) is 0 Å². The van der Waals surface area contributed by atoms with Crippen molar-refractivity contribution in [3.8, 4) is 0 Å². The number of piperidine rings is 1. The number of likely N-dealkylation sites (tertiary alicyclic amines) is 1. The Labute approximate surface area is 101 Å². The molecule has 1 amide bonds. The zero-order chi connectivity index (χ0) is 13.1. The number of hydrogen-bond donors (Lipinski definition) is 2. The Morgan fingerprint density at radius 2 is 2.24 bits per heavy atom. The molecule has 1 rings (SSSR count). The minimum absolute atomic E-state index is 0.449. The number of hydrogen-bond acceptors (Lipinski definition) is 5. The van der Waals surface area contributed by atoms with E-state index in [-0.39, 0.29) is 0 Å². The third kappa shape index (κ3) is 3.56. The monoisotopic (exact) mass is 241 g/mol. The molecule has 0 aromatic carbocycles. The highest BCUT2D eigenvalue weighted by molar-refractivity contribution is 5.70. The van der Waals surface area contributed by atoms with Crippen molar-refractivity contribution >= 4 is 12.0 Å². The molecule has 0 spiro atoms. The van der Waals surface area contributed by atoms with E-state index in [4.69, 9.17) is 10.6 Å². The van der Waals surface area contributed by atoms with Crippen LogP contribution < -0.4 is 11.3 Å². The average Bonchev–Trinajstić information content (AvgIpc) is 2.25. The average molecular weight is 241 g/mol. The molecular formula is C11H19N3O3. The van der Waals surface area contributed by atoms with Gasteiger partial charge < -0.3 is 4.74 Å². The molecule has 1 saturated heterocycles. The van der Waals surface area contributed by atoms with Crippen molar-refractivity contribution in [1.82, 2.24) is 10.3 Å². The molecule has 96 valence electrons. The van der Waals surface area contributed by atoms with Crippen molar-refractivity contribution < 1.29 is 14.3 Å². The summed E-state index contributed by atoms with van der Waals surface area (Å²) < 4.78 is 5.25. The Morgan fingerprint density at radius 3 is 2.71 bits per heavy atom. The zero-order valence-electron chi connectivity index (χ0n) is 10.4. The molecule has 17 heavy (non-hydrogen) atoms. The molecule has 1 fully saturated rings. The van der Waals surface area contributed by atoms with Gasteiger partial charge >= 0.3 is 6.09 Å². The topological polar surface area (TPSA) is 84.7 Å². The Balaban J connectivity index is 2.81. The highest BCUT2D eigenvalue weighted by atomic mass is 16.6. The maximum absolute atomic E-state index is 11.9. The summed E-state index contributed by atoms with van der Waals surface area (Å²) in [6, 6.07) is 0. The number of carbonyl (C=O) groups is 1. The lowest BCUT2D eigenvalue weighted by Crippen LogP contribution is -2.56. The number of carbonyl (C=O) groups excluding carboxylic acids is 2. The molecular weight excluding hydrogens is 222 g/mol. The third-order valence-electron chi connectivity index (χ3n) is 2.40. The fourth-order valence-electron chi connectivity index (χ4n) is 1.71. The van der Waals surface area contributed by atoms with Gasteiger partial charge in [-0.1, -0.05) is 0 Å². The first kappa shape index (κ1) is 13.7. The van der Waals surface area contributed by atoms with Crippen LogP contribution in [-0.4, -0.2) is 35.2 Å². The van der Waals surface area contributed by atoms with Crippen LogP contribution in [0.15, 0.2) is 5.57 Å². The van der Waals surface area contributed by atoms with Crippen molar-refractivity contribution in [3.63, 3.8) is 0 Å². The van der Waals surface area contributed by atoms with Gasteiger partial charge in [-0.3, -0.25) is 10.7 Å². The maximum Gasteiger partial charge on any atom is 0.411 e. The van der Waals surface area contributed by atoms with E-state index in [0.29, 0.717) is 25.0 Å². The van der Waals surface area contributed by atoms with Crippen molar-refractivity contribution in [1.29, 1.82) is 0 Å². The van der Waals surface area contributed by atoms with Gasteiger partial charge in [-0.05, 0) is 33.6 Å². The smallest absolute Gasteiger partial charge is 0.411 e. The molecule has 0 aliphatic carbocycles. The Bertz CT molecular complexity index is 342. The van der Waals surface area contributed by atoms with E-state index >= 15 is 0 Å². The van der Waals surface area contributed by atoms with Gasteiger partial charge in [0, 0.05) is 6.54 Å².